The number of guanidine groups is 1. The van der Waals surface area contributed by atoms with Crippen molar-refractivity contribution in [3.05, 3.63) is 42.2 Å². The predicted octanol–water partition coefficient (Wildman–Crippen LogP) is 0.842. The second-order valence-corrected chi connectivity index (χ2v) is 3.25. The molecule has 0 saturated carbocycles. The van der Waals surface area contributed by atoms with Crippen molar-refractivity contribution in [2.75, 3.05) is 0 Å². The highest BCUT2D eigenvalue weighted by Crippen LogP contribution is 2.13. The summed E-state index contributed by atoms with van der Waals surface area (Å²) < 4.78 is 0. The maximum Gasteiger partial charge on any atom is 0.211 e. The Morgan fingerprint density at radius 3 is 2.88 bits per heavy atom. The zero-order valence-corrected chi connectivity index (χ0v) is 8.54. The quantitative estimate of drug-likeness (QED) is 0.440. The van der Waals surface area contributed by atoms with Gasteiger partial charge in [-0.2, -0.15) is 5.10 Å². The van der Waals surface area contributed by atoms with E-state index in [9.17, 15) is 0 Å². The molecule has 0 amide bonds. The molecule has 4 N–H and O–H groups in total. The Hall–Kier alpha value is -2.43. The van der Waals surface area contributed by atoms with E-state index < -0.39 is 0 Å². The highest BCUT2D eigenvalue weighted by Gasteiger charge is 1.93. The normalized spacial score (nSPS) is 10.8. The van der Waals surface area contributed by atoms with Gasteiger partial charge in [0.05, 0.1) is 6.21 Å². The molecule has 0 atom stereocenters. The number of pyridine rings is 1. The summed E-state index contributed by atoms with van der Waals surface area (Å²) in [5.74, 6) is -0.0568. The molecule has 0 radical (unpaired) electrons. The van der Waals surface area contributed by atoms with Crippen molar-refractivity contribution >= 4 is 22.9 Å². The molecule has 0 unspecified atom stereocenters. The van der Waals surface area contributed by atoms with Gasteiger partial charge < -0.3 is 11.5 Å². The number of fused-ring (bicyclic) bond motifs is 1. The number of aromatic nitrogens is 1. The first-order valence-corrected chi connectivity index (χ1v) is 4.71. The van der Waals surface area contributed by atoms with E-state index in [1.807, 2.05) is 24.3 Å². The van der Waals surface area contributed by atoms with Crippen molar-refractivity contribution in [3.63, 3.8) is 0 Å². The van der Waals surface area contributed by atoms with Gasteiger partial charge in [0.25, 0.3) is 0 Å². The summed E-state index contributed by atoms with van der Waals surface area (Å²) in [7, 11) is 0. The zero-order chi connectivity index (χ0) is 11.4. The number of nitrogens with zero attached hydrogens (tertiary/aromatic N) is 3. The second kappa shape index (κ2) is 4.39. The fourth-order valence-electron chi connectivity index (χ4n) is 1.35. The molecule has 0 aliphatic heterocycles. The Labute approximate surface area is 92.5 Å². The molecule has 1 heterocycles. The average molecular weight is 213 g/mol. The summed E-state index contributed by atoms with van der Waals surface area (Å²) in [6, 6.07) is 7.85. The van der Waals surface area contributed by atoms with Gasteiger partial charge in [0.15, 0.2) is 0 Å². The molecular weight excluding hydrogens is 202 g/mol. The van der Waals surface area contributed by atoms with Crippen LogP contribution in [-0.2, 0) is 0 Å². The van der Waals surface area contributed by atoms with Gasteiger partial charge in [-0.05, 0) is 23.1 Å². The van der Waals surface area contributed by atoms with E-state index in [4.69, 9.17) is 11.5 Å². The largest absolute Gasteiger partial charge is 0.369 e. The van der Waals surface area contributed by atoms with E-state index in [0.29, 0.717) is 0 Å². The third-order valence-electron chi connectivity index (χ3n) is 2.04. The highest BCUT2D eigenvalue weighted by atomic mass is 15.3. The third kappa shape index (κ3) is 2.33. The van der Waals surface area contributed by atoms with Gasteiger partial charge in [0, 0.05) is 17.8 Å². The van der Waals surface area contributed by atoms with Crippen molar-refractivity contribution in [1.29, 1.82) is 0 Å². The van der Waals surface area contributed by atoms with E-state index in [2.05, 4.69) is 15.2 Å². The van der Waals surface area contributed by atoms with Crippen LogP contribution in [0.3, 0.4) is 0 Å². The van der Waals surface area contributed by atoms with Crippen LogP contribution in [0.4, 0.5) is 0 Å². The third-order valence-corrected chi connectivity index (χ3v) is 2.04. The van der Waals surface area contributed by atoms with Gasteiger partial charge in [-0.3, -0.25) is 4.98 Å². The molecular formula is C11H11N5. The van der Waals surface area contributed by atoms with Crippen LogP contribution in [-0.4, -0.2) is 17.2 Å². The summed E-state index contributed by atoms with van der Waals surface area (Å²) >= 11 is 0. The van der Waals surface area contributed by atoms with E-state index in [1.165, 1.54) is 0 Å². The molecule has 2 rings (SSSR count). The van der Waals surface area contributed by atoms with Crippen LogP contribution in [0.25, 0.3) is 10.8 Å². The molecule has 1 aromatic carbocycles. The molecule has 80 valence electrons. The van der Waals surface area contributed by atoms with E-state index in [0.717, 1.165) is 16.3 Å². The molecule has 0 aliphatic rings. The zero-order valence-electron chi connectivity index (χ0n) is 8.54. The maximum atomic E-state index is 5.15. The minimum Gasteiger partial charge on any atom is -0.369 e. The monoisotopic (exact) mass is 213 g/mol. The fraction of sp³-hybridized carbons (Fsp3) is 0. The number of rotatable bonds is 2. The van der Waals surface area contributed by atoms with Crippen LogP contribution in [0.5, 0.6) is 0 Å². The summed E-state index contributed by atoms with van der Waals surface area (Å²) in [6.07, 6.45) is 5.15. The molecule has 5 heteroatoms. The van der Waals surface area contributed by atoms with Crippen LogP contribution in [0, 0.1) is 0 Å². The van der Waals surface area contributed by atoms with Crippen LogP contribution in [0.1, 0.15) is 5.56 Å². The van der Waals surface area contributed by atoms with Crippen LogP contribution >= 0.6 is 0 Å². The van der Waals surface area contributed by atoms with Crippen LogP contribution < -0.4 is 11.5 Å². The van der Waals surface area contributed by atoms with Gasteiger partial charge in [0.2, 0.25) is 5.96 Å². The Bertz CT molecular complexity index is 555. The molecule has 2 aromatic rings. The van der Waals surface area contributed by atoms with Crippen LogP contribution in [0.2, 0.25) is 0 Å². The lowest BCUT2D eigenvalue weighted by Crippen LogP contribution is -2.21. The van der Waals surface area contributed by atoms with Gasteiger partial charge in [-0.15, -0.1) is 5.10 Å². The van der Waals surface area contributed by atoms with Crippen molar-refractivity contribution < 1.29 is 0 Å². The average Bonchev–Trinajstić information content (AvgIpc) is 2.28. The standard InChI is InChI=1S/C11H11N5/c12-11(13)16-15-6-8-1-2-9-3-4-14-7-10(9)5-8/h1-7H,(H4,12,13,16). The number of hydrogen-bond acceptors (Lipinski definition) is 3. The molecule has 1 aromatic heterocycles. The topological polar surface area (TPSA) is 89.7 Å². The smallest absolute Gasteiger partial charge is 0.211 e. The summed E-state index contributed by atoms with van der Waals surface area (Å²) in [5.41, 5.74) is 11.2. The second-order valence-electron chi connectivity index (χ2n) is 3.25. The number of hydrogen-bond donors (Lipinski definition) is 2. The van der Waals surface area contributed by atoms with Crippen molar-refractivity contribution in [2.45, 2.75) is 0 Å². The maximum absolute atomic E-state index is 5.15. The molecule has 0 saturated heterocycles. The molecule has 16 heavy (non-hydrogen) atoms. The highest BCUT2D eigenvalue weighted by molar-refractivity contribution is 5.90. The summed E-state index contributed by atoms with van der Waals surface area (Å²) in [5, 5.41) is 9.45. The molecule has 0 spiro atoms. The first-order chi connectivity index (χ1) is 7.75. The first kappa shape index (κ1) is 10.1. The minimum absolute atomic E-state index is 0.0568. The van der Waals surface area contributed by atoms with E-state index in [-0.39, 0.29) is 5.96 Å². The van der Waals surface area contributed by atoms with Gasteiger partial charge in [-0.25, -0.2) is 0 Å². The SMILES string of the molecule is NC(N)=NN=Cc1ccc2ccncc2c1. The van der Waals surface area contributed by atoms with Crippen LogP contribution in [0.15, 0.2) is 46.9 Å². The van der Waals surface area contributed by atoms with E-state index in [1.54, 1.807) is 18.6 Å². The lowest BCUT2D eigenvalue weighted by atomic mass is 10.1. The van der Waals surface area contributed by atoms with Gasteiger partial charge in [-0.1, -0.05) is 12.1 Å². The van der Waals surface area contributed by atoms with E-state index >= 15 is 0 Å². The molecule has 5 nitrogen and oxygen atoms in total. The molecule has 0 bridgehead atoms. The first-order valence-electron chi connectivity index (χ1n) is 4.71. The number of benzene rings is 1. The Kier molecular flexibility index (Phi) is 2.77. The summed E-state index contributed by atoms with van der Waals surface area (Å²) in [4.78, 5) is 4.05. The minimum atomic E-state index is -0.0568. The van der Waals surface area contributed by atoms with Gasteiger partial charge >= 0.3 is 0 Å². The lowest BCUT2D eigenvalue weighted by Gasteiger charge is -1.97. The van der Waals surface area contributed by atoms with Gasteiger partial charge in [0.1, 0.15) is 0 Å². The Morgan fingerprint density at radius 1 is 1.19 bits per heavy atom. The Balaban J connectivity index is 2.33. The number of nitrogens with two attached hydrogens (primary N) is 2. The molecule has 0 aliphatic carbocycles. The fourth-order valence-corrected chi connectivity index (χ4v) is 1.35. The predicted molar refractivity (Wildman–Crippen MR) is 65.1 cm³/mol. The van der Waals surface area contributed by atoms with Crippen molar-refractivity contribution in [3.8, 4) is 0 Å². The van der Waals surface area contributed by atoms with Crippen molar-refractivity contribution in [1.82, 2.24) is 4.98 Å². The lowest BCUT2D eigenvalue weighted by molar-refractivity contribution is 1.21. The van der Waals surface area contributed by atoms with Crippen molar-refractivity contribution in [2.24, 2.45) is 21.7 Å². The Morgan fingerprint density at radius 2 is 2.06 bits per heavy atom. The summed E-state index contributed by atoms with van der Waals surface area (Å²) in [6.45, 7) is 0. The molecule has 0 fully saturated rings.